The average molecular weight is 359 g/mol. The predicted molar refractivity (Wildman–Crippen MR) is 99.7 cm³/mol. The van der Waals surface area contributed by atoms with Gasteiger partial charge in [0.2, 0.25) is 11.8 Å². The van der Waals surface area contributed by atoms with Crippen LogP contribution in [0.1, 0.15) is 12.5 Å². The molecule has 0 radical (unpaired) electrons. The molecule has 0 heterocycles. The first-order valence-corrected chi connectivity index (χ1v) is 8.19. The Morgan fingerprint density at radius 3 is 2.56 bits per heavy atom. The van der Waals surface area contributed by atoms with Gasteiger partial charge in [-0.2, -0.15) is 0 Å². The highest BCUT2D eigenvalue weighted by Crippen LogP contribution is 2.19. The van der Waals surface area contributed by atoms with Crippen molar-refractivity contribution in [2.45, 2.75) is 6.92 Å². The van der Waals surface area contributed by atoms with Crippen LogP contribution in [0.5, 0.6) is 5.75 Å². The van der Waals surface area contributed by atoms with Crippen molar-refractivity contribution in [2.75, 3.05) is 18.5 Å². The summed E-state index contributed by atoms with van der Waals surface area (Å²) in [5.74, 6) is 0.0193. The molecule has 2 aromatic carbocycles. The summed E-state index contributed by atoms with van der Waals surface area (Å²) in [6, 6.07) is 14.1. The second kappa shape index (κ2) is 9.49. The van der Waals surface area contributed by atoms with Crippen LogP contribution in [0.25, 0.3) is 6.08 Å². The van der Waals surface area contributed by atoms with Gasteiger partial charge in [0.05, 0.1) is 13.2 Å². The molecular formula is C19H19ClN2O3. The highest BCUT2D eigenvalue weighted by Gasteiger charge is 2.05. The molecule has 130 valence electrons. The minimum absolute atomic E-state index is 0.126. The Kier molecular flexibility index (Phi) is 7.04. The Bertz CT molecular complexity index is 758. The van der Waals surface area contributed by atoms with Gasteiger partial charge in [0.25, 0.3) is 0 Å². The van der Waals surface area contributed by atoms with E-state index >= 15 is 0 Å². The third-order valence-corrected chi connectivity index (χ3v) is 3.44. The van der Waals surface area contributed by atoms with E-state index in [2.05, 4.69) is 10.6 Å². The third-order valence-electron chi connectivity index (χ3n) is 3.18. The number of anilines is 1. The minimum atomic E-state index is -0.363. The highest BCUT2D eigenvalue weighted by atomic mass is 35.5. The topological polar surface area (TPSA) is 67.4 Å². The van der Waals surface area contributed by atoms with E-state index in [-0.39, 0.29) is 18.4 Å². The van der Waals surface area contributed by atoms with Gasteiger partial charge in [0.15, 0.2) is 0 Å². The first-order valence-electron chi connectivity index (χ1n) is 7.81. The lowest BCUT2D eigenvalue weighted by Crippen LogP contribution is -2.31. The molecule has 0 saturated heterocycles. The van der Waals surface area contributed by atoms with Crippen molar-refractivity contribution in [1.29, 1.82) is 0 Å². The smallest absolute Gasteiger partial charge is 0.244 e. The predicted octanol–water partition coefficient (Wildman–Crippen LogP) is 3.51. The maximum absolute atomic E-state index is 11.9. The first-order chi connectivity index (χ1) is 12.1. The van der Waals surface area contributed by atoms with E-state index in [1.165, 1.54) is 6.08 Å². The van der Waals surface area contributed by atoms with E-state index in [1.54, 1.807) is 30.3 Å². The van der Waals surface area contributed by atoms with Crippen molar-refractivity contribution in [3.05, 3.63) is 65.2 Å². The van der Waals surface area contributed by atoms with Gasteiger partial charge >= 0.3 is 0 Å². The van der Waals surface area contributed by atoms with Crippen LogP contribution in [-0.4, -0.2) is 25.0 Å². The largest absolute Gasteiger partial charge is 0.493 e. The fourth-order valence-electron chi connectivity index (χ4n) is 2.04. The lowest BCUT2D eigenvalue weighted by atomic mass is 10.2. The van der Waals surface area contributed by atoms with Crippen LogP contribution in [0.3, 0.4) is 0 Å². The van der Waals surface area contributed by atoms with Crippen molar-refractivity contribution >= 4 is 35.2 Å². The molecule has 5 nitrogen and oxygen atoms in total. The van der Waals surface area contributed by atoms with E-state index in [1.807, 2.05) is 31.2 Å². The average Bonchev–Trinajstić information content (AvgIpc) is 2.61. The molecule has 25 heavy (non-hydrogen) atoms. The molecule has 0 bridgehead atoms. The molecule has 0 aliphatic heterocycles. The molecule has 2 rings (SSSR count). The van der Waals surface area contributed by atoms with Crippen LogP contribution in [0.15, 0.2) is 54.6 Å². The van der Waals surface area contributed by atoms with Gasteiger partial charge in [-0.3, -0.25) is 9.59 Å². The van der Waals surface area contributed by atoms with Crippen LogP contribution >= 0.6 is 11.6 Å². The molecule has 0 aliphatic rings. The summed E-state index contributed by atoms with van der Waals surface area (Å²) in [5.41, 5.74) is 1.41. The summed E-state index contributed by atoms with van der Waals surface area (Å²) in [6.07, 6.45) is 3.02. The summed E-state index contributed by atoms with van der Waals surface area (Å²) in [5, 5.41) is 5.79. The van der Waals surface area contributed by atoms with Crippen LogP contribution in [0.2, 0.25) is 5.02 Å². The van der Waals surface area contributed by atoms with Gasteiger partial charge in [-0.15, -0.1) is 0 Å². The van der Waals surface area contributed by atoms with E-state index < -0.39 is 0 Å². The van der Waals surface area contributed by atoms with Gasteiger partial charge in [-0.25, -0.2) is 0 Å². The lowest BCUT2D eigenvalue weighted by molar-refractivity contribution is -0.121. The molecule has 0 atom stereocenters. The molecule has 2 N–H and O–H groups in total. The third kappa shape index (κ3) is 6.31. The summed E-state index contributed by atoms with van der Waals surface area (Å²) in [4.78, 5) is 23.7. The standard InChI is InChI=1S/C19H19ClN2O3/c1-2-25-17-6-4-3-5-14(17)7-12-18(23)21-13-19(24)22-16-10-8-15(20)9-11-16/h3-12H,2,13H2,1H3,(H,21,23)(H,22,24)/b12-7+. The SMILES string of the molecule is CCOc1ccccc1/C=C/C(=O)NCC(=O)Nc1ccc(Cl)cc1. The maximum Gasteiger partial charge on any atom is 0.244 e. The number of benzene rings is 2. The molecule has 2 aromatic rings. The second-order valence-corrected chi connectivity index (χ2v) is 5.51. The van der Waals surface area contributed by atoms with E-state index in [0.717, 1.165) is 5.56 Å². The minimum Gasteiger partial charge on any atom is -0.493 e. The Labute approximate surface area is 151 Å². The van der Waals surface area contributed by atoms with Crippen molar-refractivity contribution in [3.63, 3.8) is 0 Å². The molecular weight excluding hydrogens is 340 g/mol. The number of carbonyl (C=O) groups excluding carboxylic acids is 2. The van der Waals surface area contributed by atoms with Gasteiger partial charge in [0, 0.05) is 22.3 Å². The van der Waals surface area contributed by atoms with E-state index in [4.69, 9.17) is 16.3 Å². The van der Waals surface area contributed by atoms with Crippen LogP contribution in [-0.2, 0) is 9.59 Å². The van der Waals surface area contributed by atoms with Crippen molar-refractivity contribution in [1.82, 2.24) is 5.32 Å². The molecule has 0 unspecified atom stereocenters. The van der Waals surface area contributed by atoms with Gasteiger partial charge < -0.3 is 15.4 Å². The number of ether oxygens (including phenoxy) is 1. The van der Waals surface area contributed by atoms with Crippen LogP contribution in [0, 0.1) is 0 Å². The summed E-state index contributed by atoms with van der Waals surface area (Å²) in [6.45, 7) is 2.31. The molecule has 0 aromatic heterocycles. The Morgan fingerprint density at radius 2 is 1.84 bits per heavy atom. The summed E-state index contributed by atoms with van der Waals surface area (Å²) < 4.78 is 5.49. The van der Waals surface area contributed by atoms with Crippen LogP contribution in [0.4, 0.5) is 5.69 Å². The zero-order chi connectivity index (χ0) is 18.1. The Hall–Kier alpha value is -2.79. The summed E-state index contributed by atoms with van der Waals surface area (Å²) >= 11 is 5.78. The fourth-order valence-corrected chi connectivity index (χ4v) is 2.16. The molecule has 0 saturated carbocycles. The van der Waals surface area contributed by atoms with Gasteiger partial charge in [-0.1, -0.05) is 29.8 Å². The molecule has 2 amide bonds. The lowest BCUT2D eigenvalue weighted by Gasteiger charge is -2.07. The second-order valence-electron chi connectivity index (χ2n) is 5.08. The monoisotopic (exact) mass is 358 g/mol. The number of amides is 2. The van der Waals surface area contributed by atoms with Crippen molar-refractivity contribution < 1.29 is 14.3 Å². The molecule has 6 heteroatoms. The number of rotatable bonds is 7. The number of hydrogen-bond acceptors (Lipinski definition) is 3. The number of hydrogen-bond donors (Lipinski definition) is 2. The molecule has 0 fully saturated rings. The van der Waals surface area contributed by atoms with Crippen LogP contribution < -0.4 is 15.4 Å². The quantitative estimate of drug-likeness (QED) is 0.744. The zero-order valence-electron chi connectivity index (χ0n) is 13.8. The first kappa shape index (κ1) is 18.5. The molecule has 0 aliphatic carbocycles. The Morgan fingerprint density at radius 1 is 1.12 bits per heavy atom. The number of carbonyl (C=O) groups is 2. The van der Waals surface area contributed by atoms with Gasteiger partial charge in [-0.05, 0) is 43.3 Å². The summed E-state index contributed by atoms with van der Waals surface area (Å²) in [7, 11) is 0. The highest BCUT2D eigenvalue weighted by molar-refractivity contribution is 6.30. The number of nitrogens with one attached hydrogen (secondary N) is 2. The molecule has 0 spiro atoms. The number of para-hydroxylation sites is 1. The Balaban J connectivity index is 1.84. The van der Waals surface area contributed by atoms with E-state index in [9.17, 15) is 9.59 Å². The van der Waals surface area contributed by atoms with Gasteiger partial charge in [0.1, 0.15) is 5.75 Å². The zero-order valence-corrected chi connectivity index (χ0v) is 14.5. The van der Waals surface area contributed by atoms with Crippen molar-refractivity contribution in [3.8, 4) is 5.75 Å². The van der Waals surface area contributed by atoms with E-state index in [0.29, 0.717) is 23.1 Å². The normalized spacial score (nSPS) is 10.5. The fraction of sp³-hybridized carbons (Fsp3) is 0.158. The van der Waals surface area contributed by atoms with Crippen molar-refractivity contribution in [2.24, 2.45) is 0 Å². The maximum atomic E-state index is 11.9. The number of halogens is 1.